The summed E-state index contributed by atoms with van der Waals surface area (Å²) in [6.45, 7) is 0. The Bertz CT molecular complexity index is 4000. The van der Waals surface area contributed by atoms with Gasteiger partial charge in [-0.2, -0.15) is 0 Å². The van der Waals surface area contributed by atoms with E-state index >= 15 is 0 Å². The normalized spacial score (nSPS) is 11.6. The van der Waals surface area contributed by atoms with Gasteiger partial charge in [-0.25, -0.2) is 9.97 Å². The molecule has 2 heterocycles. The van der Waals surface area contributed by atoms with E-state index in [0.717, 1.165) is 56.0 Å². The molecule has 0 amide bonds. The number of benzene rings is 11. The Hall–Kier alpha value is -8.92. The highest BCUT2D eigenvalue weighted by atomic mass is 15.0. The molecule has 2 aromatic heterocycles. The van der Waals surface area contributed by atoms with Crippen molar-refractivity contribution in [2.75, 3.05) is 0 Å². The molecule has 0 bridgehead atoms. The van der Waals surface area contributed by atoms with Crippen molar-refractivity contribution >= 4 is 54.1 Å². The van der Waals surface area contributed by atoms with Gasteiger partial charge in [-0.1, -0.05) is 218 Å². The highest BCUT2D eigenvalue weighted by Gasteiger charge is 2.21. The molecule has 3 heteroatoms. The van der Waals surface area contributed by atoms with Crippen LogP contribution in [-0.2, 0) is 0 Å². The first kappa shape index (κ1) is 38.5. The molecule has 3 nitrogen and oxygen atoms in total. The minimum Gasteiger partial charge on any atom is -0.309 e. The number of nitrogens with zero attached hydrogens (tertiary/aromatic N) is 3. The molecule has 11 aromatic carbocycles. The van der Waals surface area contributed by atoms with E-state index in [1.165, 1.54) is 65.3 Å². The van der Waals surface area contributed by atoms with Crippen LogP contribution < -0.4 is 0 Å². The van der Waals surface area contributed by atoms with Gasteiger partial charge in [0.05, 0.1) is 22.4 Å². The van der Waals surface area contributed by atoms with Gasteiger partial charge in [0.25, 0.3) is 0 Å². The van der Waals surface area contributed by atoms with Crippen LogP contribution in [0.5, 0.6) is 0 Å². The lowest BCUT2D eigenvalue weighted by Gasteiger charge is -2.19. The Labute approximate surface area is 388 Å². The number of rotatable bonds is 7. The fraction of sp³-hybridized carbons (Fsp3) is 0. The molecular formula is C64H41N3. The SMILES string of the molecule is c1ccc(-c2nc(-c3ccc(-c4c5ccccc5c(-c5ccccc5)c5c4ccc4ccccc45)cc3)cc(-c3ccccc3-c3cccc4c3c3ccccc3n4-c3ccccc3)n2)cc1. The van der Waals surface area contributed by atoms with E-state index in [4.69, 9.17) is 9.97 Å². The van der Waals surface area contributed by atoms with Crippen molar-refractivity contribution in [3.63, 3.8) is 0 Å². The van der Waals surface area contributed by atoms with E-state index < -0.39 is 0 Å². The van der Waals surface area contributed by atoms with Crippen molar-refractivity contribution < 1.29 is 0 Å². The van der Waals surface area contributed by atoms with Crippen molar-refractivity contribution in [2.24, 2.45) is 0 Å². The fourth-order valence-corrected chi connectivity index (χ4v) is 10.5. The predicted octanol–water partition coefficient (Wildman–Crippen LogP) is 17.0. The topological polar surface area (TPSA) is 30.7 Å². The van der Waals surface area contributed by atoms with Gasteiger partial charge in [-0.05, 0) is 96.0 Å². The molecule has 13 rings (SSSR count). The monoisotopic (exact) mass is 851 g/mol. The summed E-state index contributed by atoms with van der Waals surface area (Å²) in [5, 5.41) is 9.88. The summed E-state index contributed by atoms with van der Waals surface area (Å²) in [4.78, 5) is 10.7. The van der Waals surface area contributed by atoms with Crippen LogP contribution in [-0.4, -0.2) is 14.5 Å². The number of aromatic nitrogens is 3. The third-order valence-electron chi connectivity index (χ3n) is 13.4. The molecule has 0 aliphatic rings. The molecule has 0 aliphatic carbocycles. The summed E-state index contributed by atoms with van der Waals surface area (Å²) >= 11 is 0. The van der Waals surface area contributed by atoms with Gasteiger partial charge < -0.3 is 4.57 Å². The standard InChI is InChI=1S/C64H41N3/c1-4-20-44(21-5-1)61-53-30-15-14-29-52(53)60(55-40-39-42-19-10-11-26-48(42)63(55)61)45-37-35-43(36-38-45)56-41-57(66-64(65-56)46-22-6-2-7-23-46)50-28-13-12-27-49(50)51-32-18-34-59-62(51)54-31-16-17-33-58(54)67(59)47-24-8-3-9-25-47/h1-41H. The van der Waals surface area contributed by atoms with Gasteiger partial charge >= 0.3 is 0 Å². The van der Waals surface area contributed by atoms with Crippen LogP contribution in [0.25, 0.3) is 127 Å². The average Bonchev–Trinajstić information content (AvgIpc) is 3.75. The van der Waals surface area contributed by atoms with Crippen LogP contribution in [0, 0.1) is 0 Å². The summed E-state index contributed by atoms with van der Waals surface area (Å²) in [6, 6.07) is 89.3. The van der Waals surface area contributed by atoms with Crippen molar-refractivity contribution in [1.29, 1.82) is 0 Å². The van der Waals surface area contributed by atoms with E-state index in [2.05, 4.69) is 247 Å². The zero-order chi connectivity index (χ0) is 44.3. The van der Waals surface area contributed by atoms with Gasteiger partial charge in [0.15, 0.2) is 5.82 Å². The van der Waals surface area contributed by atoms with E-state index in [-0.39, 0.29) is 0 Å². The average molecular weight is 852 g/mol. The van der Waals surface area contributed by atoms with Gasteiger partial charge in [0.1, 0.15) is 0 Å². The largest absolute Gasteiger partial charge is 0.309 e. The smallest absolute Gasteiger partial charge is 0.160 e. The third kappa shape index (κ3) is 6.43. The Morgan fingerprint density at radius 1 is 0.284 bits per heavy atom. The molecule has 0 atom stereocenters. The maximum absolute atomic E-state index is 5.36. The Balaban J connectivity index is 0.992. The number of hydrogen-bond acceptors (Lipinski definition) is 2. The molecule has 0 N–H and O–H groups in total. The van der Waals surface area contributed by atoms with Crippen molar-refractivity contribution in [2.45, 2.75) is 0 Å². The Morgan fingerprint density at radius 3 is 1.58 bits per heavy atom. The fourth-order valence-electron chi connectivity index (χ4n) is 10.5. The maximum Gasteiger partial charge on any atom is 0.160 e. The molecule has 312 valence electrons. The van der Waals surface area contributed by atoms with Crippen LogP contribution in [0.4, 0.5) is 0 Å². The molecular weight excluding hydrogens is 811 g/mol. The lowest BCUT2D eigenvalue weighted by Crippen LogP contribution is -1.97. The molecule has 0 unspecified atom stereocenters. The molecule has 0 fully saturated rings. The summed E-state index contributed by atoms with van der Waals surface area (Å²) in [7, 11) is 0. The van der Waals surface area contributed by atoms with Crippen molar-refractivity contribution in [3.8, 4) is 73.0 Å². The maximum atomic E-state index is 5.36. The van der Waals surface area contributed by atoms with Crippen LogP contribution >= 0.6 is 0 Å². The molecule has 67 heavy (non-hydrogen) atoms. The summed E-state index contributed by atoms with van der Waals surface area (Å²) in [5.74, 6) is 0.686. The number of para-hydroxylation sites is 2. The number of fused-ring (bicyclic) bond motifs is 7. The lowest BCUT2D eigenvalue weighted by molar-refractivity contribution is 1.18. The lowest BCUT2D eigenvalue weighted by atomic mass is 9.84. The minimum absolute atomic E-state index is 0.686. The molecule has 0 saturated heterocycles. The van der Waals surface area contributed by atoms with Crippen LogP contribution in [0.1, 0.15) is 0 Å². The molecule has 0 radical (unpaired) electrons. The molecule has 0 spiro atoms. The first-order chi connectivity index (χ1) is 33.3. The zero-order valence-corrected chi connectivity index (χ0v) is 36.5. The van der Waals surface area contributed by atoms with E-state index in [0.29, 0.717) is 5.82 Å². The van der Waals surface area contributed by atoms with Gasteiger partial charge in [-0.15, -0.1) is 0 Å². The highest BCUT2D eigenvalue weighted by molar-refractivity contribution is 6.28. The second kappa shape index (κ2) is 16.0. The second-order valence-electron chi connectivity index (χ2n) is 17.2. The first-order valence-electron chi connectivity index (χ1n) is 22.9. The van der Waals surface area contributed by atoms with Crippen molar-refractivity contribution in [1.82, 2.24) is 14.5 Å². The zero-order valence-electron chi connectivity index (χ0n) is 36.5. The Kier molecular flexibility index (Phi) is 9.17. The van der Waals surface area contributed by atoms with Crippen molar-refractivity contribution in [3.05, 3.63) is 249 Å². The highest BCUT2D eigenvalue weighted by Crippen LogP contribution is 2.47. The van der Waals surface area contributed by atoms with Crippen LogP contribution in [0.2, 0.25) is 0 Å². The predicted molar refractivity (Wildman–Crippen MR) is 282 cm³/mol. The summed E-state index contributed by atoms with van der Waals surface area (Å²) in [6.07, 6.45) is 0. The summed E-state index contributed by atoms with van der Waals surface area (Å²) < 4.78 is 2.38. The molecule has 13 aromatic rings. The van der Waals surface area contributed by atoms with Crippen LogP contribution in [0.3, 0.4) is 0 Å². The van der Waals surface area contributed by atoms with Gasteiger partial charge in [-0.3, -0.25) is 0 Å². The van der Waals surface area contributed by atoms with Gasteiger partial charge in [0, 0.05) is 33.2 Å². The van der Waals surface area contributed by atoms with Gasteiger partial charge in [0.2, 0.25) is 0 Å². The third-order valence-corrected chi connectivity index (χ3v) is 13.4. The van der Waals surface area contributed by atoms with E-state index in [9.17, 15) is 0 Å². The molecule has 0 aliphatic heterocycles. The minimum atomic E-state index is 0.686. The summed E-state index contributed by atoms with van der Waals surface area (Å²) in [5.41, 5.74) is 15.4. The quantitative estimate of drug-likeness (QED) is 0.118. The van der Waals surface area contributed by atoms with E-state index in [1.807, 2.05) is 6.07 Å². The second-order valence-corrected chi connectivity index (χ2v) is 17.2. The first-order valence-corrected chi connectivity index (χ1v) is 22.9. The molecule has 0 saturated carbocycles. The Morgan fingerprint density at radius 2 is 0.821 bits per heavy atom. The van der Waals surface area contributed by atoms with E-state index in [1.54, 1.807) is 0 Å². The van der Waals surface area contributed by atoms with Crippen LogP contribution in [0.15, 0.2) is 249 Å². The number of hydrogen-bond donors (Lipinski definition) is 0.